The van der Waals surface area contributed by atoms with Crippen molar-refractivity contribution in [1.82, 2.24) is 0 Å². The zero-order valence-electron chi connectivity index (χ0n) is 12.7. The second-order valence-electron chi connectivity index (χ2n) is 5.74. The van der Waals surface area contributed by atoms with Crippen LogP contribution < -0.4 is 0 Å². The summed E-state index contributed by atoms with van der Waals surface area (Å²) in [7, 11) is 0. The lowest BCUT2D eigenvalue weighted by Gasteiger charge is -2.17. The Kier molecular flexibility index (Phi) is 4.52. The van der Waals surface area contributed by atoms with Crippen molar-refractivity contribution in [3.05, 3.63) is 53.1 Å². The molecule has 0 aromatic heterocycles. The summed E-state index contributed by atoms with van der Waals surface area (Å²) in [6.45, 7) is 11.1. The van der Waals surface area contributed by atoms with E-state index in [0.717, 1.165) is 12.5 Å². The predicted octanol–water partition coefficient (Wildman–Crippen LogP) is 5.81. The number of hydrogen-bond donors (Lipinski definition) is 0. The molecular formula is C17H21F3. The summed E-state index contributed by atoms with van der Waals surface area (Å²) in [5, 5.41) is 0. The summed E-state index contributed by atoms with van der Waals surface area (Å²) in [4.78, 5) is 0. The molecule has 0 fully saturated rings. The van der Waals surface area contributed by atoms with Gasteiger partial charge in [0.05, 0.1) is 0 Å². The van der Waals surface area contributed by atoms with Crippen molar-refractivity contribution in [1.29, 1.82) is 0 Å². The second-order valence-corrected chi connectivity index (χ2v) is 5.74. The van der Waals surface area contributed by atoms with Gasteiger partial charge in [0.2, 0.25) is 0 Å². The molecule has 0 unspecified atom stereocenters. The Balaban J connectivity index is 3.24. The van der Waals surface area contributed by atoms with Gasteiger partial charge in [-0.25, -0.2) is 13.2 Å². The van der Waals surface area contributed by atoms with Gasteiger partial charge in [0.1, 0.15) is 5.67 Å². The van der Waals surface area contributed by atoms with Crippen molar-refractivity contribution in [3.63, 3.8) is 0 Å². The van der Waals surface area contributed by atoms with Crippen LogP contribution >= 0.6 is 0 Å². The molecule has 0 saturated carbocycles. The van der Waals surface area contributed by atoms with Gasteiger partial charge in [-0.2, -0.15) is 0 Å². The fourth-order valence-electron chi connectivity index (χ4n) is 1.75. The Morgan fingerprint density at radius 3 is 2.15 bits per heavy atom. The van der Waals surface area contributed by atoms with E-state index in [4.69, 9.17) is 0 Å². The van der Waals surface area contributed by atoms with E-state index in [1.807, 2.05) is 6.92 Å². The van der Waals surface area contributed by atoms with Gasteiger partial charge < -0.3 is 0 Å². The van der Waals surface area contributed by atoms with Crippen LogP contribution in [0.5, 0.6) is 0 Å². The molecule has 0 spiro atoms. The van der Waals surface area contributed by atoms with E-state index in [0.29, 0.717) is 16.7 Å². The van der Waals surface area contributed by atoms with E-state index in [1.165, 1.54) is 26.0 Å². The van der Waals surface area contributed by atoms with Crippen LogP contribution in [0.3, 0.4) is 0 Å². The Morgan fingerprint density at radius 1 is 1.15 bits per heavy atom. The number of hydrogen-bond acceptors (Lipinski definition) is 0. The summed E-state index contributed by atoms with van der Waals surface area (Å²) in [5.74, 6) is -2.90. The second kappa shape index (κ2) is 5.47. The molecule has 0 nitrogen and oxygen atoms in total. The van der Waals surface area contributed by atoms with Crippen LogP contribution in [0, 0.1) is 6.92 Å². The molecule has 1 aromatic carbocycles. The molecule has 0 amide bonds. The smallest absolute Gasteiger partial charge is 0.240 e. The quantitative estimate of drug-likeness (QED) is 0.611. The minimum absolute atomic E-state index is 0.0650. The SMILES string of the molecule is C=C(/C=C(\C)C(C)(C)F)c1cc(C(C)(F)F)ccc1C. The highest BCUT2D eigenvalue weighted by Gasteiger charge is 2.25. The van der Waals surface area contributed by atoms with Gasteiger partial charge >= 0.3 is 0 Å². The summed E-state index contributed by atoms with van der Waals surface area (Å²) in [5.41, 5.74) is 0.983. The summed E-state index contributed by atoms with van der Waals surface area (Å²) >= 11 is 0. The predicted molar refractivity (Wildman–Crippen MR) is 78.7 cm³/mol. The van der Waals surface area contributed by atoms with Gasteiger partial charge in [0.25, 0.3) is 5.92 Å². The summed E-state index contributed by atoms with van der Waals surface area (Å²) < 4.78 is 40.6. The molecule has 0 bridgehead atoms. The van der Waals surface area contributed by atoms with Crippen LogP contribution in [0.25, 0.3) is 5.57 Å². The molecule has 20 heavy (non-hydrogen) atoms. The molecule has 1 aromatic rings. The molecule has 0 atom stereocenters. The van der Waals surface area contributed by atoms with Gasteiger partial charge in [-0.05, 0) is 56.0 Å². The maximum absolute atomic E-state index is 13.8. The normalized spacial score (nSPS) is 13.5. The van der Waals surface area contributed by atoms with Crippen LogP contribution in [0.15, 0.2) is 36.4 Å². The lowest BCUT2D eigenvalue weighted by Crippen LogP contribution is -2.13. The molecule has 0 N–H and O–H groups in total. The van der Waals surface area contributed by atoms with E-state index in [2.05, 4.69) is 6.58 Å². The molecule has 1 rings (SSSR count). The van der Waals surface area contributed by atoms with Crippen LogP contribution in [0.4, 0.5) is 13.2 Å². The number of aryl methyl sites for hydroxylation is 1. The minimum atomic E-state index is -2.90. The van der Waals surface area contributed by atoms with Crippen molar-refractivity contribution in [3.8, 4) is 0 Å². The van der Waals surface area contributed by atoms with Crippen LogP contribution in [-0.4, -0.2) is 5.67 Å². The van der Waals surface area contributed by atoms with Gasteiger partial charge in [-0.15, -0.1) is 0 Å². The Labute approximate surface area is 119 Å². The van der Waals surface area contributed by atoms with Crippen molar-refractivity contribution < 1.29 is 13.2 Å². The number of halogens is 3. The molecule has 110 valence electrons. The lowest BCUT2D eigenvalue weighted by molar-refractivity contribution is 0.0174. The third kappa shape index (κ3) is 3.99. The number of rotatable bonds is 4. The monoisotopic (exact) mass is 282 g/mol. The molecule has 3 heteroatoms. The molecule has 0 aliphatic carbocycles. The first-order valence-electron chi connectivity index (χ1n) is 6.49. The highest BCUT2D eigenvalue weighted by Crippen LogP contribution is 2.32. The summed E-state index contributed by atoms with van der Waals surface area (Å²) in [6.07, 6.45) is 1.61. The van der Waals surface area contributed by atoms with Crippen LogP contribution in [0.2, 0.25) is 0 Å². The Morgan fingerprint density at radius 2 is 1.70 bits per heavy atom. The van der Waals surface area contributed by atoms with Gasteiger partial charge in [0.15, 0.2) is 0 Å². The number of allylic oxidation sites excluding steroid dienone is 3. The third-order valence-corrected chi connectivity index (χ3v) is 3.42. The van der Waals surface area contributed by atoms with E-state index in [-0.39, 0.29) is 5.56 Å². The van der Waals surface area contributed by atoms with Crippen molar-refractivity contribution >= 4 is 5.57 Å². The highest BCUT2D eigenvalue weighted by atomic mass is 19.3. The molecule has 0 aliphatic heterocycles. The van der Waals surface area contributed by atoms with Crippen LogP contribution in [0.1, 0.15) is 44.4 Å². The first kappa shape index (κ1) is 16.5. The van der Waals surface area contributed by atoms with E-state index >= 15 is 0 Å². The fraction of sp³-hybridized carbons (Fsp3) is 0.412. The minimum Gasteiger partial charge on any atom is -0.240 e. The van der Waals surface area contributed by atoms with E-state index in [1.54, 1.807) is 19.1 Å². The third-order valence-electron chi connectivity index (χ3n) is 3.42. The molecular weight excluding hydrogens is 261 g/mol. The average molecular weight is 282 g/mol. The zero-order valence-corrected chi connectivity index (χ0v) is 12.7. The number of benzene rings is 1. The first-order valence-corrected chi connectivity index (χ1v) is 6.49. The molecule has 0 aliphatic rings. The largest absolute Gasteiger partial charge is 0.270 e. The standard InChI is InChI=1S/C17H21F3/c1-11-7-8-14(17(6,19)20)10-15(11)12(2)9-13(3)16(4,5)18/h7-10H,2H2,1,3-6H3/b13-9+. The highest BCUT2D eigenvalue weighted by molar-refractivity contribution is 5.75. The van der Waals surface area contributed by atoms with Gasteiger partial charge in [-0.3, -0.25) is 0 Å². The maximum Gasteiger partial charge on any atom is 0.270 e. The lowest BCUT2D eigenvalue weighted by atomic mass is 9.93. The van der Waals surface area contributed by atoms with Crippen molar-refractivity contribution in [2.75, 3.05) is 0 Å². The van der Waals surface area contributed by atoms with Crippen molar-refractivity contribution in [2.24, 2.45) is 0 Å². The topological polar surface area (TPSA) is 0 Å². The van der Waals surface area contributed by atoms with Gasteiger partial charge in [0, 0.05) is 12.5 Å². The fourth-order valence-corrected chi connectivity index (χ4v) is 1.75. The average Bonchev–Trinajstić information content (AvgIpc) is 2.26. The van der Waals surface area contributed by atoms with E-state index < -0.39 is 11.6 Å². The van der Waals surface area contributed by atoms with Crippen LogP contribution in [-0.2, 0) is 5.92 Å². The summed E-state index contributed by atoms with van der Waals surface area (Å²) in [6, 6.07) is 4.46. The molecule has 0 heterocycles. The first-order chi connectivity index (χ1) is 8.93. The number of alkyl halides is 3. The van der Waals surface area contributed by atoms with Gasteiger partial charge in [-0.1, -0.05) is 24.8 Å². The Hall–Kier alpha value is -1.51. The Bertz CT molecular complexity index is 540. The van der Waals surface area contributed by atoms with Crippen molar-refractivity contribution in [2.45, 2.75) is 46.2 Å². The maximum atomic E-state index is 13.8. The molecule has 0 saturated heterocycles. The molecule has 0 radical (unpaired) electrons. The van der Waals surface area contributed by atoms with E-state index in [9.17, 15) is 13.2 Å². The zero-order chi connectivity index (χ0) is 15.7.